The molecule has 0 aliphatic heterocycles. The van der Waals surface area contributed by atoms with Gasteiger partial charge in [0.2, 0.25) is 0 Å². The molecule has 1 heterocycles. The Balaban J connectivity index is 3.02. The number of thiophene rings is 1. The summed E-state index contributed by atoms with van der Waals surface area (Å²) in [5, 5.41) is 15.3. The summed E-state index contributed by atoms with van der Waals surface area (Å²) in [7, 11) is 1.54. The van der Waals surface area contributed by atoms with E-state index < -0.39 is 0 Å². The van der Waals surface area contributed by atoms with Crippen LogP contribution in [0.4, 0.5) is 10.7 Å². The first-order chi connectivity index (χ1) is 8.15. The molecule has 4 N–H and O–H groups in total. The number of nitrogens with two attached hydrogens (primary N) is 1. The van der Waals surface area contributed by atoms with Crippen molar-refractivity contribution in [2.75, 3.05) is 24.6 Å². The van der Waals surface area contributed by atoms with E-state index in [2.05, 4.69) is 17.6 Å². The zero-order valence-corrected chi connectivity index (χ0v) is 10.8. The number of unbranched alkanes of at least 4 members (excludes halogenated alkanes) is 1. The van der Waals surface area contributed by atoms with Crippen LogP contribution in [0, 0.1) is 11.3 Å². The summed E-state index contributed by atoms with van der Waals surface area (Å²) >= 11 is 1.22. The molecule has 6 heteroatoms. The van der Waals surface area contributed by atoms with Crippen LogP contribution in [0.2, 0.25) is 0 Å². The van der Waals surface area contributed by atoms with Crippen molar-refractivity contribution >= 4 is 27.9 Å². The van der Waals surface area contributed by atoms with Crippen LogP contribution in [-0.2, 0) is 0 Å². The topological polar surface area (TPSA) is 90.9 Å². The third kappa shape index (κ3) is 2.88. The number of amides is 1. The summed E-state index contributed by atoms with van der Waals surface area (Å²) in [5.41, 5.74) is 6.42. The van der Waals surface area contributed by atoms with Gasteiger partial charge in [-0.3, -0.25) is 4.79 Å². The molecule has 17 heavy (non-hydrogen) atoms. The number of hydrogen-bond donors (Lipinski definition) is 3. The van der Waals surface area contributed by atoms with Gasteiger partial charge in [-0.1, -0.05) is 13.3 Å². The van der Waals surface area contributed by atoms with E-state index in [1.54, 1.807) is 7.05 Å². The highest BCUT2D eigenvalue weighted by Gasteiger charge is 2.20. The molecule has 1 aromatic heterocycles. The third-order valence-corrected chi connectivity index (χ3v) is 3.38. The van der Waals surface area contributed by atoms with Crippen LogP contribution in [0.1, 0.15) is 35.0 Å². The van der Waals surface area contributed by atoms with Crippen LogP contribution in [0.5, 0.6) is 0 Å². The first-order valence-electron chi connectivity index (χ1n) is 5.44. The van der Waals surface area contributed by atoms with Crippen molar-refractivity contribution in [3.63, 3.8) is 0 Å². The molecule has 0 saturated heterocycles. The summed E-state index contributed by atoms with van der Waals surface area (Å²) in [5.74, 6) is -0.265. The summed E-state index contributed by atoms with van der Waals surface area (Å²) in [4.78, 5) is 12.1. The van der Waals surface area contributed by atoms with Gasteiger partial charge in [0.15, 0.2) is 0 Å². The number of carbonyl (C=O) groups is 1. The van der Waals surface area contributed by atoms with E-state index in [1.807, 2.05) is 6.07 Å². The minimum atomic E-state index is -0.265. The minimum Gasteiger partial charge on any atom is -0.396 e. The second-order valence-corrected chi connectivity index (χ2v) is 4.54. The second kappa shape index (κ2) is 6.11. The van der Waals surface area contributed by atoms with Crippen LogP contribution in [0.3, 0.4) is 0 Å². The Labute approximate surface area is 105 Å². The van der Waals surface area contributed by atoms with Gasteiger partial charge in [-0.05, 0) is 6.42 Å². The summed E-state index contributed by atoms with van der Waals surface area (Å²) < 4.78 is 0. The molecule has 5 nitrogen and oxygen atoms in total. The van der Waals surface area contributed by atoms with E-state index in [4.69, 9.17) is 11.0 Å². The zero-order valence-electron chi connectivity index (χ0n) is 9.96. The lowest BCUT2D eigenvalue weighted by atomic mass is 10.2. The van der Waals surface area contributed by atoms with Crippen LogP contribution in [0.15, 0.2) is 0 Å². The molecule has 1 rings (SSSR count). The maximum absolute atomic E-state index is 11.7. The fourth-order valence-corrected chi connectivity index (χ4v) is 2.32. The van der Waals surface area contributed by atoms with Gasteiger partial charge in [0.1, 0.15) is 15.9 Å². The Bertz CT molecular complexity index is 447. The molecule has 0 aliphatic rings. The van der Waals surface area contributed by atoms with E-state index in [9.17, 15) is 4.79 Å². The maximum Gasteiger partial charge on any atom is 0.256 e. The van der Waals surface area contributed by atoms with Gasteiger partial charge in [0.25, 0.3) is 5.91 Å². The highest BCUT2D eigenvalue weighted by Crippen LogP contribution is 2.35. The predicted octanol–water partition coefficient (Wildman–Crippen LogP) is 1.77. The van der Waals surface area contributed by atoms with E-state index in [1.165, 1.54) is 11.3 Å². The fourth-order valence-electron chi connectivity index (χ4n) is 1.38. The molecule has 0 saturated carbocycles. The van der Waals surface area contributed by atoms with Crippen molar-refractivity contribution in [1.29, 1.82) is 5.26 Å². The normalized spacial score (nSPS) is 9.71. The van der Waals surface area contributed by atoms with Crippen LogP contribution in [0.25, 0.3) is 0 Å². The number of hydrogen-bond acceptors (Lipinski definition) is 5. The zero-order chi connectivity index (χ0) is 12.8. The molecule has 0 spiro atoms. The number of carbonyl (C=O) groups excluding carboxylic acids is 1. The largest absolute Gasteiger partial charge is 0.396 e. The number of anilines is 2. The van der Waals surface area contributed by atoms with Gasteiger partial charge in [-0.15, -0.1) is 11.3 Å². The van der Waals surface area contributed by atoms with Crippen LogP contribution >= 0.6 is 11.3 Å². The molecule has 0 fully saturated rings. The Kier molecular flexibility index (Phi) is 4.79. The molecule has 1 aromatic rings. The van der Waals surface area contributed by atoms with Crippen molar-refractivity contribution in [3.8, 4) is 6.07 Å². The van der Waals surface area contributed by atoms with Gasteiger partial charge >= 0.3 is 0 Å². The Morgan fingerprint density at radius 1 is 1.59 bits per heavy atom. The van der Waals surface area contributed by atoms with Gasteiger partial charge in [0.05, 0.1) is 11.3 Å². The Morgan fingerprint density at radius 3 is 2.82 bits per heavy atom. The molecule has 0 aromatic carbocycles. The van der Waals surface area contributed by atoms with E-state index in [0.717, 1.165) is 19.4 Å². The summed E-state index contributed by atoms with van der Waals surface area (Å²) in [6.07, 6.45) is 2.07. The van der Waals surface area contributed by atoms with Crippen LogP contribution < -0.4 is 16.4 Å². The lowest BCUT2D eigenvalue weighted by Gasteiger charge is -2.06. The number of nitriles is 1. The molecular formula is C11H16N4OS. The highest BCUT2D eigenvalue weighted by molar-refractivity contribution is 7.17. The molecule has 1 amide bonds. The van der Waals surface area contributed by atoms with Crippen molar-refractivity contribution in [2.45, 2.75) is 19.8 Å². The average Bonchev–Trinajstić information content (AvgIpc) is 2.65. The fraction of sp³-hybridized carbons (Fsp3) is 0.455. The third-order valence-electron chi connectivity index (χ3n) is 2.32. The van der Waals surface area contributed by atoms with Gasteiger partial charge < -0.3 is 16.4 Å². The van der Waals surface area contributed by atoms with Crippen molar-refractivity contribution < 1.29 is 4.79 Å². The molecule has 0 bridgehead atoms. The standard InChI is InChI=1S/C11H16N4OS/c1-3-4-5-15-11-8(10(16)14-2)9(13)7(6-12)17-11/h15H,3-5,13H2,1-2H3,(H,14,16). The Morgan fingerprint density at radius 2 is 2.29 bits per heavy atom. The van der Waals surface area contributed by atoms with E-state index in [-0.39, 0.29) is 11.6 Å². The molecule has 0 atom stereocenters. The quantitative estimate of drug-likeness (QED) is 0.696. The van der Waals surface area contributed by atoms with Gasteiger partial charge in [-0.2, -0.15) is 5.26 Å². The first kappa shape index (κ1) is 13.3. The number of nitrogen functional groups attached to an aromatic ring is 1. The number of nitrogens with one attached hydrogen (secondary N) is 2. The minimum absolute atomic E-state index is 0.260. The molecule has 0 aliphatic carbocycles. The highest BCUT2D eigenvalue weighted by atomic mass is 32.1. The smallest absolute Gasteiger partial charge is 0.256 e. The van der Waals surface area contributed by atoms with Crippen molar-refractivity contribution in [3.05, 3.63) is 10.4 Å². The number of rotatable bonds is 5. The molecule has 0 unspecified atom stereocenters. The van der Waals surface area contributed by atoms with Crippen molar-refractivity contribution in [1.82, 2.24) is 5.32 Å². The summed E-state index contributed by atoms with van der Waals surface area (Å²) in [6.45, 7) is 2.86. The van der Waals surface area contributed by atoms with Gasteiger partial charge in [-0.25, -0.2) is 0 Å². The Hall–Kier alpha value is -1.74. The first-order valence-corrected chi connectivity index (χ1v) is 6.25. The molecule has 92 valence electrons. The van der Waals surface area contributed by atoms with Gasteiger partial charge in [0, 0.05) is 13.6 Å². The van der Waals surface area contributed by atoms with E-state index in [0.29, 0.717) is 15.4 Å². The second-order valence-electron chi connectivity index (χ2n) is 3.52. The van der Waals surface area contributed by atoms with E-state index >= 15 is 0 Å². The van der Waals surface area contributed by atoms with Crippen LogP contribution in [-0.4, -0.2) is 19.5 Å². The predicted molar refractivity (Wildman–Crippen MR) is 70.2 cm³/mol. The SMILES string of the molecule is CCCCNc1sc(C#N)c(N)c1C(=O)NC. The monoisotopic (exact) mass is 252 g/mol. The lowest BCUT2D eigenvalue weighted by molar-refractivity contribution is 0.0965. The summed E-state index contributed by atoms with van der Waals surface area (Å²) in [6, 6.07) is 2.00. The van der Waals surface area contributed by atoms with Crippen molar-refractivity contribution in [2.24, 2.45) is 0 Å². The average molecular weight is 252 g/mol. The molecule has 0 radical (unpaired) electrons. The maximum atomic E-state index is 11.7. The number of nitrogens with zero attached hydrogens (tertiary/aromatic N) is 1. The lowest BCUT2D eigenvalue weighted by Crippen LogP contribution is -2.20. The molecular weight excluding hydrogens is 236 g/mol.